The van der Waals surface area contributed by atoms with E-state index in [2.05, 4.69) is 9.97 Å². The lowest BCUT2D eigenvalue weighted by atomic mass is 10.2. The molecule has 16 heavy (non-hydrogen) atoms. The van der Waals surface area contributed by atoms with Gasteiger partial charge in [0.15, 0.2) is 0 Å². The molecule has 1 aliphatic carbocycles. The van der Waals surface area contributed by atoms with Gasteiger partial charge in [-0.1, -0.05) is 12.8 Å². The second kappa shape index (κ2) is 3.47. The molecule has 1 N–H and O–H groups in total. The van der Waals surface area contributed by atoms with Gasteiger partial charge in [0.2, 0.25) is 0 Å². The van der Waals surface area contributed by atoms with E-state index in [0.29, 0.717) is 17.1 Å². The van der Waals surface area contributed by atoms with Crippen molar-refractivity contribution in [3.8, 4) is 0 Å². The average Bonchev–Trinajstić information content (AvgIpc) is 2.86. The summed E-state index contributed by atoms with van der Waals surface area (Å²) < 4.78 is 1.81. The molecule has 4 nitrogen and oxygen atoms in total. The monoisotopic (exact) mass is 217 g/mol. The summed E-state index contributed by atoms with van der Waals surface area (Å²) in [6.07, 6.45) is 6.35. The molecule has 0 saturated heterocycles. The molecule has 4 heteroatoms. The lowest BCUT2D eigenvalue weighted by molar-refractivity contribution is 0.499. The Hall–Kier alpha value is -1.58. The Labute approximate surface area is 93.3 Å². The molecule has 2 aromatic rings. The van der Waals surface area contributed by atoms with E-state index in [4.69, 9.17) is 0 Å². The average molecular weight is 217 g/mol. The van der Waals surface area contributed by atoms with Crippen molar-refractivity contribution in [3.05, 3.63) is 28.4 Å². The summed E-state index contributed by atoms with van der Waals surface area (Å²) in [5, 5.41) is 0.715. The van der Waals surface area contributed by atoms with Crippen molar-refractivity contribution in [2.45, 2.75) is 38.6 Å². The molecular formula is C12H15N3O. The van der Waals surface area contributed by atoms with Crippen molar-refractivity contribution in [3.63, 3.8) is 0 Å². The van der Waals surface area contributed by atoms with E-state index in [1.165, 1.54) is 12.8 Å². The summed E-state index contributed by atoms with van der Waals surface area (Å²) in [5.41, 5.74) is 1.79. The number of H-pyrrole nitrogens is 1. The molecule has 0 atom stereocenters. The maximum Gasteiger partial charge on any atom is 0.263 e. The third-order valence-corrected chi connectivity index (χ3v) is 3.43. The normalized spacial score (nSPS) is 17.3. The van der Waals surface area contributed by atoms with Crippen LogP contribution >= 0.6 is 0 Å². The van der Waals surface area contributed by atoms with Crippen LogP contribution in [-0.2, 0) is 0 Å². The van der Waals surface area contributed by atoms with Gasteiger partial charge in [0.25, 0.3) is 5.56 Å². The van der Waals surface area contributed by atoms with Crippen molar-refractivity contribution in [1.29, 1.82) is 0 Å². The van der Waals surface area contributed by atoms with E-state index in [9.17, 15) is 4.79 Å². The van der Waals surface area contributed by atoms with Crippen molar-refractivity contribution >= 4 is 11.0 Å². The number of nitrogens with one attached hydrogen (secondary N) is 1. The number of aromatic amines is 1. The SMILES string of the molecule is Cc1cc2c(=O)n(C3CCCC3)cnc2[nH]1. The van der Waals surface area contributed by atoms with Gasteiger partial charge in [0.1, 0.15) is 12.0 Å². The highest BCUT2D eigenvalue weighted by Crippen LogP contribution is 2.28. The van der Waals surface area contributed by atoms with E-state index in [1.54, 1.807) is 6.33 Å². The Balaban J connectivity index is 2.18. The Kier molecular flexibility index (Phi) is 2.09. The summed E-state index contributed by atoms with van der Waals surface area (Å²) in [7, 11) is 0. The molecule has 84 valence electrons. The van der Waals surface area contributed by atoms with Gasteiger partial charge >= 0.3 is 0 Å². The third kappa shape index (κ3) is 1.37. The lowest BCUT2D eigenvalue weighted by Gasteiger charge is -2.11. The minimum Gasteiger partial charge on any atom is -0.343 e. The first-order chi connectivity index (χ1) is 7.75. The number of rotatable bonds is 1. The van der Waals surface area contributed by atoms with Crippen LogP contribution in [0.4, 0.5) is 0 Å². The molecular weight excluding hydrogens is 202 g/mol. The fourth-order valence-electron chi connectivity index (χ4n) is 2.59. The van der Waals surface area contributed by atoms with Crippen molar-refractivity contribution < 1.29 is 0 Å². The summed E-state index contributed by atoms with van der Waals surface area (Å²) >= 11 is 0. The van der Waals surface area contributed by atoms with Crippen LogP contribution in [-0.4, -0.2) is 14.5 Å². The third-order valence-electron chi connectivity index (χ3n) is 3.43. The minimum absolute atomic E-state index is 0.0984. The second-order valence-corrected chi connectivity index (χ2v) is 4.61. The van der Waals surface area contributed by atoms with Gasteiger partial charge in [-0.2, -0.15) is 0 Å². The lowest BCUT2D eigenvalue weighted by Crippen LogP contribution is -2.23. The summed E-state index contributed by atoms with van der Waals surface area (Å²) in [4.78, 5) is 19.6. The number of aromatic nitrogens is 3. The van der Waals surface area contributed by atoms with Crippen LogP contribution in [0.5, 0.6) is 0 Å². The maximum atomic E-state index is 12.2. The number of fused-ring (bicyclic) bond motifs is 1. The number of aryl methyl sites for hydroxylation is 1. The number of nitrogens with zero attached hydrogens (tertiary/aromatic N) is 2. The van der Waals surface area contributed by atoms with Crippen LogP contribution < -0.4 is 5.56 Å². The fourth-order valence-corrected chi connectivity index (χ4v) is 2.59. The molecule has 0 bridgehead atoms. The molecule has 0 aromatic carbocycles. The van der Waals surface area contributed by atoms with Gasteiger partial charge in [-0.25, -0.2) is 4.98 Å². The summed E-state index contributed by atoms with van der Waals surface area (Å²) in [6, 6.07) is 2.25. The van der Waals surface area contributed by atoms with Crippen molar-refractivity contribution in [2.75, 3.05) is 0 Å². The van der Waals surface area contributed by atoms with Gasteiger partial charge in [0.05, 0.1) is 5.39 Å². The zero-order chi connectivity index (χ0) is 11.1. The van der Waals surface area contributed by atoms with Crippen molar-refractivity contribution in [1.82, 2.24) is 14.5 Å². The summed E-state index contributed by atoms with van der Waals surface area (Å²) in [6.45, 7) is 1.95. The zero-order valence-electron chi connectivity index (χ0n) is 9.36. The molecule has 1 fully saturated rings. The zero-order valence-corrected chi connectivity index (χ0v) is 9.36. The molecule has 0 spiro atoms. The van der Waals surface area contributed by atoms with Crippen LogP contribution in [0.1, 0.15) is 37.4 Å². The van der Waals surface area contributed by atoms with Crippen LogP contribution in [0.2, 0.25) is 0 Å². The molecule has 0 radical (unpaired) electrons. The Morgan fingerprint density at radius 1 is 1.44 bits per heavy atom. The first-order valence-electron chi connectivity index (χ1n) is 5.82. The number of hydrogen-bond acceptors (Lipinski definition) is 2. The Bertz CT molecular complexity index is 575. The first-order valence-corrected chi connectivity index (χ1v) is 5.82. The molecule has 0 aliphatic heterocycles. The number of hydrogen-bond donors (Lipinski definition) is 1. The Morgan fingerprint density at radius 3 is 2.94 bits per heavy atom. The molecule has 2 aromatic heterocycles. The van der Waals surface area contributed by atoms with Crippen LogP contribution in [0.15, 0.2) is 17.2 Å². The molecule has 3 rings (SSSR count). The molecule has 0 amide bonds. The Morgan fingerprint density at radius 2 is 2.19 bits per heavy atom. The second-order valence-electron chi connectivity index (χ2n) is 4.61. The molecule has 1 saturated carbocycles. The van der Waals surface area contributed by atoms with Gasteiger partial charge in [-0.15, -0.1) is 0 Å². The summed E-state index contributed by atoms with van der Waals surface area (Å²) in [5.74, 6) is 0. The molecule has 1 aliphatic rings. The van der Waals surface area contributed by atoms with Gasteiger partial charge < -0.3 is 4.98 Å². The standard InChI is InChI=1S/C12H15N3O/c1-8-6-10-11(14-8)13-7-15(12(10)16)9-4-2-3-5-9/h6-7,9,14H,2-5H2,1H3. The highest BCUT2D eigenvalue weighted by Gasteiger charge is 2.19. The molecule has 2 heterocycles. The smallest absolute Gasteiger partial charge is 0.263 e. The maximum absolute atomic E-state index is 12.2. The predicted molar refractivity (Wildman–Crippen MR) is 62.6 cm³/mol. The molecule has 0 unspecified atom stereocenters. The highest BCUT2D eigenvalue weighted by molar-refractivity contribution is 5.75. The predicted octanol–water partition coefficient (Wildman–Crippen LogP) is 2.15. The largest absolute Gasteiger partial charge is 0.343 e. The van der Waals surface area contributed by atoms with Gasteiger partial charge in [0, 0.05) is 11.7 Å². The van der Waals surface area contributed by atoms with E-state index in [-0.39, 0.29) is 5.56 Å². The highest BCUT2D eigenvalue weighted by atomic mass is 16.1. The van der Waals surface area contributed by atoms with E-state index < -0.39 is 0 Å². The van der Waals surface area contributed by atoms with E-state index in [1.807, 2.05) is 17.6 Å². The fraction of sp³-hybridized carbons (Fsp3) is 0.500. The quantitative estimate of drug-likeness (QED) is 0.795. The van der Waals surface area contributed by atoms with E-state index >= 15 is 0 Å². The van der Waals surface area contributed by atoms with Crippen LogP contribution in [0.3, 0.4) is 0 Å². The van der Waals surface area contributed by atoms with Crippen LogP contribution in [0.25, 0.3) is 11.0 Å². The minimum atomic E-state index is 0.0984. The first kappa shape index (κ1) is 9.63. The van der Waals surface area contributed by atoms with Gasteiger partial charge in [-0.3, -0.25) is 9.36 Å². The van der Waals surface area contributed by atoms with Crippen LogP contribution in [0, 0.1) is 6.92 Å². The van der Waals surface area contributed by atoms with E-state index in [0.717, 1.165) is 18.5 Å². The van der Waals surface area contributed by atoms with Crippen molar-refractivity contribution in [2.24, 2.45) is 0 Å². The topological polar surface area (TPSA) is 50.7 Å². The van der Waals surface area contributed by atoms with Gasteiger partial charge in [-0.05, 0) is 25.8 Å².